The molecule has 136 valence electrons. The molecule has 0 bridgehead atoms. The van der Waals surface area contributed by atoms with Crippen molar-refractivity contribution in [2.45, 2.75) is 20.1 Å². The summed E-state index contributed by atoms with van der Waals surface area (Å²) in [5.74, 6) is -1.55. The van der Waals surface area contributed by atoms with Gasteiger partial charge in [0.1, 0.15) is 9.88 Å². The number of hydrogen-bond acceptors (Lipinski definition) is 8. The number of ether oxygens (including phenoxy) is 3. The number of benzene rings is 1. The fourth-order valence-corrected chi connectivity index (χ4v) is 3.85. The van der Waals surface area contributed by atoms with Crippen molar-refractivity contribution in [3.05, 3.63) is 51.4 Å². The Morgan fingerprint density at radius 3 is 2.69 bits per heavy atom. The van der Waals surface area contributed by atoms with Gasteiger partial charge >= 0.3 is 17.9 Å². The maximum Gasteiger partial charge on any atom is 0.348 e. The van der Waals surface area contributed by atoms with Gasteiger partial charge in [-0.15, -0.1) is 11.3 Å². The van der Waals surface area contributed by atoms with Crippen molar-refractivity contribution in [1.82, 2.24) is 0 Å². The van der Waals surface area contributed by atoms with Crippen molar-refractivity contribution >= 4 is 34.2 Å². The maximum absolute atomic E-state index is 12.4. The molecule has 1 N–H and O–H groups in total. The van der Waals surface area contributed by atoms with E-state index in [1.807, 2.05) is 0 Å². The number of rotatable bonds is 5. The van der Waals surface area contributed by atoms with Crippen molar-refractivity contribution in [1.29, 1.82) is 0 Å². The third kappa shape index (κ3) is 3.03. The van der Waals surface area contributed by atoms with E-state index in [0.717, 1.165) is 11.3 Å². The molecule has 1 unspecified atom stereocenters. The van der Waals surface area contributed by atoms with E-state index >= 15 is 0 Å². The molecule has 1 aromatic carbocycles. The summed E-state index contributed by atoms with van der Waals surface area (Å²) in [6.45, 7) is 3.54. The standard InChI is InChI=1S/C18H17NO6S/c1-4-24-17(21)12-9(2)13(18(22)23-3)26-15(12)19-14-10-7-5-6-8-11(10)16(20)25-14/h5-8,14,19H,4H2,1-3H3. The Labute approximate surface area is 153 Å². The fraction of sp³-hybridized carbons (Fsp3) is 0.278. The molecule has 0 amide bonds. The van der Waals surface area contributed by atoms with Crippen LogP contribution in [0.1, 0.15) is 54.7 Å². The summed E-state index contributed by atoms with van der Waals surface area (Å²) in [6, 6.07) is 6.98. The first kappa shape index (κ1) is 17.9. The number of methoxy groups -OCH3 is 1. The summed E-state index contributed by atoms with van der Waals surface area (Å²) >= 11 is 1.06. The first-order valence-electron chi connectivity index (χ1n) is 7.93. The third-order valence-corrected chi connectivity index (χ3v) is 5.15. The third-order valence-electron chi connectivity index (χ3n) is 3.95. The van der Waals surface area contributed by atoms with Crippen LogP contribution in [0, 0.1) is 6.92 Å². The van der Waals surface area contributed by atoms with Crippen LogP contribution < -0.4 is 5.32 Å². The molecule has 0 spiro atoms. The van der Waals surface area contributed by atoms with E-state index in [1.165, 1.54) is 7.11 Å². The van der Waals surface area contributed by atoms with E-state index in [2.05, 4.69) is 5.32 Å². The van der Waals surface area contributed by atoms with Gasteiger partial charge in [-0.2, -0.15) is 0 Å². The van der Waals surface area contributed by atoms with E-state index in [1.54, 1.807) is 38.1 Å². The summed E-state index contributed by atoms with van der Waals surface area (Å²) in [6.07, 6.45) is -0.754. The van der Waals surface area contributed by atoms with E-state index in [4.69, 9.17) is 14.2 Å². The number of anilines is 1. The van der Waals surface area contributed by atoms with Gasteiger partial charge in [0.05, 0.1) is 24.8 Å². The maximum atomic E-state index is 12.4. The lowest BCUT2D eigenvalue weighted by Gasteiger charge is -2.14. The van der Waals surface area contributed by atoms with Gasteiger partial charge in [0.15, 0.2) is 0 Å². The molecule has 0 aliphatic carbocycles. The summed E-state index contributed by atoms with van der Waals surface area (Å²) in [4.78, 5) is 36.6. The van der Waals surface area contributed by atoms with Crippen molar-refractivity contribution in [2.24, 2.45) is 0 Å². The number of hydrogen-bond donors (Lipinski definition) is 1. The predicted molar refractivity (Wildman–Crippen MR) is 94.6 cm³/mol. The average Bonchev–Trinajstić information content (AvgIpc) is 3.12. The second kappa shape index (κ2) is 7.17. The Hall–Kier alpha value is -2.87. The van der Waals surface area contributed by atoms with Crippen LogP contribution in [0.15, 0.2) is 24.3 Å². The fourth-order valence-electron chi connectivity index (χ4n) is 2.72. The van der Waals surface area contributed by atoms with E-state index in [9.17, 15) is 14.4 Å². The highest BCUT2D eigenvalue weighted by Gasteiger charge is 2.33. The smallest absolute Gasteiger partial charge is 0.348 e. The number of thiophene rings is 1. The Balaban J connectivity index is 2.01. The molecule has 2 aromatic rings. The Kier molecular flexibility index (Phi) is 4.94. The first-order valence-corrected chi connectivity index (χ1v) is 8.74. The van der Waals surface area contributed by atoms with Gasteiger partial charge in [-0.1, -0.05) is 18.2 Å². The molecule has 3 rings (SSSR count). The second-order valence-corrected chi connectivity index (χ2v) is 6.51. The lowest BCUT2D eigenvalue weighted by Crippen LogP contribution is -2.13. The largest absolute Gasteiger partial charge is 0.465 e. The van der Waals surface area contributed by atoms with Gasteiger partial charge in [-0.05, 0) is 25.5 Å². The van der Waals surface area contributed by atoms with Crippen LogP contribution in [0.25, 0.3) is 0 Å². The molecule has 1 aliphatic heterocycles. The number of carbonyl (C=O) groups excluding carboxylic acids is 3. The molecule has 8 heteroatoms. The lowest BCUT2D eigenvalue weighted by molar-refractivity contribution is 0.0437. The molecule has 0 saturated heterocycles. The molecule has 0 saturated carbocycles. The minimum Gasteiger partial charge on any atom is -0.465 e. The van der Waals surface area contributed by atoms with Gasteiger partial charge in [-0.3, -0.25) is 0 Å². The van der Waals surface area contributed by atoms with Crippen molar-refractivity contribution in [3.63, 3.8) is 0 Å². The topological polar surface area (TPSA) is 90.9 Å². The van der Waals surface area contributed by atoms with Crippen LogP contribution in [-0.4, -0.2) is 31.6 Å². The number of nitrogens with one attached hydrogen (secondary N) is 1. The van der Waals surface area contributed by atoms with E-state index in [0.29, 0.717) is 21.7 Å². The Morgan fingerprint density at radius 2 is 2.00 bits per heavy atom. The Bertz CT molecular complexity index is 888. The minimum absolute atomic E-state index is 0.197. The zero-order valence-corrected chi connectivity index (χ0v) is 15.3. The van der Waals surface area contributed by atoms with E-state index in [-0.39, 0.29) is 17.0 Å². The van der Waals surface area contributed by atoms with Gasteiger partial charge in [-0.25, -0.2) is 14.4 Å². The lowest BCUT2D eigenvalue weighted by atomic mass is 10.1. The van der Waals surface area contributed by atoms with Crippen molar-refractivity contribution in [2.75, 3.05) is 19.0 Å². The van der Waals surface area contributed by atoms with Crippen LogP contribution in [0.2, 0.25) is 0 Å². The van der Waals surface area contributed by atoms with Gasteiger partial charge in [0.25, 0.3) is 0 Å². The minimum atomic E-state index is -0.754. The van der Waals surface area contributed by atoms with Crippen LogP contribution in [-0.2, 0) is 14.2 Å². The quantitative estimate of drug-likeness (QED) is 0.633. The molecule has 0 fully saturated rings. The highest BCUT2D eigenvalue weighted by Crippen LogP contribution is 2.39. The summed E-state index contributed by atoms with van der Waals surface area (Å²) in [5.41, 5.74) is 1.82. The van der Waals surface area contributed by atoms with Crippen LogP contribution >= 0.6 is 11.3 Å². The molecule has 7 nitrogen and oxygen atoms in total. The van der Waals surface area contributed by atoms with E-state index < -0.39 is 24.1 Å². The first-order chi connectivity index (χ1) is 12.5. The Morgan fingerprint density at radius 1 is 1.27 bits per heavy atom. The van der Waals surface area contributed by atoms with Gasteiger partial charge < -0.3 is 19.5 Å². The second-order valence-electron chi connectivity index (χ2n) is 5.49. The van der Waals surface area contributed by atoms with Gasteiger partial charge in [0.2, 0.25) is 6.23 Å². The van der Waals surface area contributed by atoms with Crippen LogP contribution in [0.3, 0.4) is 0 Å². The predicted octanol–water partition coefficient (Wildman–Crippen LogP) is 3.30. The monoisotopic (exact) mass is 375 g/mol. The highest BCUT2D eigenvalue weighted by molar-refractivity contribution is 7.18. The number of fused-ring (bicyclic) bond motifs is 1. The summed E-state index contributed by atoms with van der Waals surface area (Å²) < 4.78 is 15.2. The molecule has 26 heavy (non-hydrogen) atoms. The molecule has 1 aromatic heterocycles. The normalized spacial score (nSPS) is 15.2. The number of carbonyl (C=O) groups is 3. The average molecular weight is 375 g/mol. The molecule has 1 aliphatic rings. The van der Waals surface area contributed by atoms with Crippen molar-refractivity contribution < 1.29 is 28.6 Å². The summed E-state index contributed by atoms with van der Waals surface area (Å²) in [7, 11) is 1.27. The van der Waals surface area contributed by atoms with Gasteiger partial charge in [0, 0.05) is 5.56 Å². The van der Waals surface area contributed by atoms with Crippen LogP contribution in [0.4, 0.5) is 5.00 Å². The van der Waals surface area contributed by atoms with Crippen LogP contribution in [0.5, 0.6) is 0 Å². The SMILES string of the molecule is CCOC(=O)c1c(NC2OC(=O)c3ccccc32)sc(C(=O)OC)c1C. The number of cyclic esters (lactones) is 1. The zero-order valence-electron chi connectivity index (χ0n) is 14.5. The molecule has 2 heterocycles. The molecular formula is C18H17NO6S. The molecular weight excluding hydrogens is 358 g/mol. The zero-order chi connectivity index (χ0) is 18.8. The number of esters is 3. The molecule has 0 radical (unpaired) electrons. The summed E-state index contributed by atoms with van der Waals surface area (Å²) in [5, 5.41) is 3.43. The molecule has 1 atom stereocenters. The van der Waals surface area contributed by atoms with Crippen molar-refractivity contribution in [3.8, 4) is 0 Å². The highest BCUT2D eigenvalue weighted by atomic mass is 32.1.